The van der Waals surface area contributed by atoms with Gasteiger partial charge in [0, 0.05) is 0 Å². The molecule has 0 aromatic carbocycles. The number of amides is 2. The Labute approximate surface area is 151 Å². The topological polar surface area (TPSA) is 93.7 Å². The molecule has 7 heteroatoms. The highest BCUT2D eigenvalue weighted by Crippen LogP contribution is 2.20. The predicted molar refractivity (Wildman–Crippen MR) is 95.4 cm³/mol. The summed E-state index contributed by atoms with van der Waals surface area (Å²) >= 11 is 0. The van der Waals surface area contributed by atoms with E-state index in [1.165, 1.54) is 0 Å². The molecule has 0 aromatic heterocycles. The van der Waals surface area contributed by atoms with Crippen molar-refractivity contribution in [2.24, 2.45) is 0 Å². The van der Waals surface area contributed by atoms with Gasteiger partial charge in [-0.15, -0.1) is 0 Å². The highest BCUT2D eigenvalue weighted by atomic mass is 16.5. The molecule has 0 aliphatic heterocycles. The van der Waals surface area contributed by atoms with Crippen LogP contribution in [-0.2, 0) is 19.1 Å². The summed E-state index contributed by atoms with van der Waals surface area (Å²) in [5, 5.41) is 5.31. The maximum Gasteiger partial charge on any atom is 0.316 e. The van der Waals surface area contributed by atoms with Gasteiger partial charge in [0.25, 0.3) is 0 Å². The van der Waals surface area contributed by atoms with Crippen LogP contribution in [0.5, 0.6) is 0 Å². The third-order valence-corrected chi connectivity index (χ3v) is 3.65. The fourth-order valence-corrected chi connectivity index (χ4v) is 2.54. The van der Waals surface area contributed by atoms with E-state index in [1.807, 2.05) is 11.9 Å². The van der Waals surface area contributed by atoms with E-state index in [0.717, 1.165) is 0 Å². The lowest BCUT2D eigenvalue weighted by molar-refractivity contribution is 0.226. The number of hydrogen-bond donors (Lipinski definition) is 2. The fraction of sp³-hybridized carbons (Fsp3) is 0.316. The number of nitrogens with one attached hydrogen (secondary N) is 2. The summed E-state index contributed by atoms with van der Waals surface area (Å²) < 4.78 is 10.7. The first kappa shape index (κ1) is 19.1. The lowest BCUT2D eigenvalue weighted by Gasteiger charge is -2.24. The van der Waals surface area contributed by atoms with Gasteiger partial charge < -0.3 is 20.1 Å². The molecule has 2 rings (SSSR count). The zero-order valence-corrected chi connectivity index (χ0v) is 14.6. The van der Waals surface area contributed by atoms with Crippen molar-refractivity contribution in [1.82, 2.24) is 10.6 Å². The SMILES string of the molecule is CCOC1=CC=CC(NC(=O)NC2C=CC=C(OCC)C2=C=O)C1=C=O. The van der Waals surface area contributed by atoms with Gasteiger partial charge in [-0.3, -0.25) is 0 Å². The molecule has 2 atom stereocenters. The molecule has 2 aliphatic rings. The Bertz CT molecular complexity index is 714. The Balaban J connectivity index is 2.05. The maximum atomic E-state index is 12.3. The van der Waals surface area contributed by atoms with Crippen LogP contribution in [-0.4, -0.2) is 43.2 Å². The molecular formula is C19H20N2O5. The monoisotopic (exact) mass is 356 g/mol. The summed E-state index contributed by atoms with van der Waals surface area (Å²) in [5.74, 6) is 4.35. The van der Waals surface area contributed by atoms with E-state index in [-0.39, 0.29) is 11.1 Å². The van der Waals surface area contributed by atoms with Crippen molar-refractivity contribution in [1.29, 1.82) is 0 Å². The van der Waals surface area contributed by atoms with Gasteiger partial charge in [-0.1, -0.05) is 24.3 Å². The van der Waals surface area contributed by atoms with Gasteiger partial charge in [-0.05, 0) is 26.0 Å². The molecule has 2 aliphatic carbocycles. The number of carbonyl (C=O) groups excluding carboxylic acids is 3. The second-order valence-electron chi connectivity index (χ2n) is 5.30. The van der Waals surface area contributed by atoms with Crippen molar-refractivity contribution in [3.63, 3.8) is 0 Å². The number of hydrogen-bond acceptors (Lipinski definition) is 5. The largest absolute Gasteiger partial charge is 0.493 e. The smallest absolute Gasteiger partial charge is 0.316 e. The molecule has 2 N–H and O–H groups in total. The van der Waals surface area contributed by atoms with Crippen molar-refractivity contribution in [2.75, 3.05) is 13.2 Å². The Kier molecular flexibility index (Phi) is 6.80. The number of urea groups is 1. The molecule has 2 unspecified atom stereocenters. The van der Waals surface area contributed by atoms with Gasteiger partial charge >= 0.3 is 6.03 Å². The Morgan fingerprint density at radius 1 is 0.923 bits per heavy atom. The van der Waals surface area contributed by atoms with Crippen LogP contribution in [0.25, 0.3) is 0 Å². The average molecular weight is 356 g/mol. The zero-order chi connectivity index (χ0) is 18.9. The molecule has 0 saturated heterocycles. The summed E-state index contributed by atoms with van der Waals surface area (Å²) in [6.45, 7) is 4.36. The summed E-state index contributed by atoms with van der Waals surface area (Å²) in [4.78, 5) is 34.9. The lowest BCUT2D eigenvalue weighted by atomic mass is 10.0. The van der Waals surface area contributed by atoms with Crippen molar-refractivity contribution < 1.29 is 23.9 Å². The van der Waals surface area contributed by atoms with Crippen LogP contribution >= 0.6 is 0 Å². The first-order valence-corrected chi connectivity index (χ1v) is 8.24. The van der Waals surface area contributed by atoms with Crippen LogP contribution in [0.3, 0.4) is 0 Å². The summed E-state index contributed by atoms with van der Waals surface area (Å²) in [6, 6.07) is -1.93. The summed E-state index contributed by atoms with van der Waals surface area (Å²) in [7, 11) is 0. The second-order valence-corrected chi connectivity index (χ2v) is 5.30. The molecule has 0 heterocycles. The van der Waals surface area contributed by atoms with Gasteiger partial charge in [-0.25, -0.2) is 14.4 Å². The highest BCUT2D eigenvalue weighted by molar-refractivity contribution is 5.79. The van der Waals surface area contributed by atoms with E-state index < -0.39 is 18.1 Å². The van der Waals surface area contributed by atoms with E-state index >= 15 is 0 Å². The van der Waals surface area contributed by atoms with E-state index in [1.54, 1.807) is 50.3 Å². The Morgan fingerprint density at radius 3 is 1.69 bits per heavy atom. The molecule has 0 fully saturated rings. The van der Waals surface area contributed by atoms with Gasteiger partial charge in [0.1, 0.15) is 34.5 Å². The molecule has 0 saturated carbocycles. The number of rotatable bonds is 6. The number of ether oxygens (including phenoxy) is 2. The molecule has 7 nitrogen and oxygen atoms in total. The predicted octanol–water partition coefficient (Wildman–Crippen LogP) is 1.52. The molecule has 0 bridgehead atoms. The Hall–Kier alpha value is -3.27. The van der Waals surface area contributed by atoms with Crippen LogP contribution < -0.4 is 10.6 Å². The molecule has 2 amide bonds. The van der Waals surface area contributed by atoms with Gasteiger partial charge in [-0.2, -0.15) is 0 Å². The number of carbonyl (C=O) groups is 1. The van der Waals surface area contributed by atoms with Gasteiger partial charge in [0.05, 0.1) is 25.3 Å². The van der Waals surface area contributed by atoms with E-state index in [2.05, 4.69) is 10.6 Å². The van der Waals surface area contributed by atoms with E-state index in [9.17, 15) is 14.4 Å². The molecule has 136 valence electrons. The summed E-state index contributed by atoms with van der Waals surface area (Å²) in [5.41, 5.74) is 0.398. The van der Waals surface area contributed by atoms with Gasteiger partial charge in [0.15, 0.2) is 0 Å². The van der Waals surface area contributed by atoms with Crippen LogP contribution in [0, 0.1) is 0 Å². The van der Waals surface area contributed by atoms with Gasteiger partial charge in [0.2, 0.25) is 0 Å². The number of allylic oxidation sites excluding steroid dienone is 4. The molecule has 0 spiro atoms. The van der Waals surface area contributed by atoms with Crippen molar-refractivity contribution in [3.8, 4) is 0 Å². The quantitative estimate of drug-likeness (QED) is 0.704. The molecule has 0 radical (unpaired) electrons. The normalized spacial score (nSPS) is 21.2. The average Bonchev–Trinajstić information content (AvgIpc) is 2.63. The second kappa shape index (κ2) is 9.28. The van der Waals surface area contributed by atoms with E-state index in [0.29, 0.717) is 24.7 Å². The fourth-order valence-electron chi connectivity index (χ4n) is 2.54. The van der Waals surface area contributed by atoms with Crippen LogP contribution in [0.1, 0.15) is 13.8 Å². The molecular weight excluding hydrogens is 336 g/mol. The highest BCUT2D eigenvalue weighted by Gasteiger charge is 2.26. The first-order chi connectivity index (χ1) is 12.6. The molecule has 0 aromatic rings. The van der Waals surface area contributed by atoms with Crippen molar-refractivity contribution in [2.45, 2.75) is 25.9 Å². The minimum atomic E-state index is -0.683. The third-order valence-electron chi connectivity index (χ3n) is 3.65. The maximum absolute atomic E-state index is 12.3. The summed E-state index contributed by atoms with van der Waals surface area (Å²) in [6.07, 6.45) is 9.92. The minimum Gasteiger partial charge on any atom is -0.493 e. The zero-order valence-electron chi connectivity index (χ0n) is 14.6. The van der Waals surface area contributed by atoms with Crippen molar-refractivity contribution in [3.05, 3.63) is 59.1 Å². The van der Waals surface area contributed by atoms with Crippen LogP contribution in [0.15, 0.2) is 59.1 Å². The molecule has 26 heavy (non-hydrogen) atoms. The minimum absolute atomic E-state index is 0.199. The van der Waals surface area contributed by atoms with Crippen LogP contribution in [0.4, 0.5) is 4.79 Å². The Morgan fingerprint density at radius 2 is 1.35 bits per heavy atom. The first-order valence-electron chi connectivity index (χ1n) is 8.24. The third kappa shape index (κ3) is 4.42. The van der Waals surface area contributed by atoms with E-state index in [4.69, 9.17) is 9.47 Å². The van der Waals surface area contributed by atoms with Crippen LogP contribution in [0.2, 0.25) is 0 Å². The van der Waals surface area contributed by atoms with Crippen molar-refractivity contribution >= 4 is 17.9 Å². The standard InChI is InChI=1S/C19H20N2O5/c1-3-25-17-9-5-7-15(13(17)11-22)20-19(24)21-16-8-6-10-18(26-4-2)14(16)12-23/h5-10,15-16H,3-4H2,1-2H3,(H2,20,21,24). The lowest BCUT2D eigenvalue weighted by Crippen LogP contribution is -2.47.